The number of thiophene rings is 1. The molecule has 0 spiro atoms. The molecule has 8 heteroatoms. The Labute approximate surface area is 178 Å². The van der Waals surface area contributed by atoms with Gasteiger partial charge in [-0.1, -0.05) is 0 Å². The Morgan fingerprint density at radius 1 is 1.30 bits per heavy atom. The smallest absolute Gasteiger partial charge is 0.223 e. The molecule has 1 aliphatic rings. The molecular weight excluding hydrogens is 398 g/mol. The Balaban J connectivity index is 1.33. The largest absolute Gasteiger partial charge is 0.467 e. The van der Waals surface area contributed by atoms with E-state index >= 15 is 0 Å². The second-order valence-corrected chi connectivity index (χ2v) is 8.80. The first-order valence-corrected chi connectivity index (χ1v) is 11.0. The lowest BCUT2D eigenvalue weighted by Gasteiger charge is -2.32. The average Bonchev–Trinajstić information content (AvgIpc) is 3.39. The number of fused-ring (bicyclic) bond motifs is 3. The molecule has 4 aromatic heterocycles. The molecule has 0 radical (unpaired) electrons. The van der Waals surface area contributed by atoms with Crippen molar-refractivity contribution < 1.29 is 9.21 Å². The Bertz CT molecular complexity index is 1210. The Morgan fingerprint density at radius 2 is 2.13 bits per heavy atom. The summed E-state index contributed by atoms with van der Waals surface area (Å²) in [6.45, 7) is 6.16. The van der Waals surface area contributed by atoms with Gasteiger partial charge in [-0.3, -0.25) is 4.79 Å². The van der Waals surface area contributed by atoms with E-state index in [1.165, 1.54) is 5.56 Å². The van der Waals surface area contributed by atoms with Crippen molar-refractivity contribution >= 4 is 43.5 Å². The maximum absolute atomic E-state index is 12.5. The number of nitrogens with zero attached hydrogens (tertiary/aromatic N) is 4. The van der Waals surface area contributed by atoms with Crippen molar-refractivity contribution in [1.29, 1.82) is 0 Å². The van der Waals surface area contributed by atoms with Crippen LogP contribution in [0.15, 0.2) is 35.2 Å². The van der Waals surface area contributed by atoms with E-state index < -0.39 is 0 Å². The molecule has 0 unspecified atom stereocenters. The van der Waals surface area contributed by atoms with Crippen molar-refractivity contribution in [2.45, 2.75) is 33.2 Å². The molecule has 1 aliphatic heterocycles. The van der Waals surface area contributed by atoms with Crippen LogP contribution in [0.25, 0.3) is 20.4 Å². The minimum absolute atomic E-state index is 0.0162. The predicted octanol–water partition coefficient (Wildman–Crippen LogP) is 3.98. The summed E-state index contributed by atoms with van der Waals surface area (Å²) in [5.74, 6) is 1.83. The number of hydrogen-bond acceptors (Lipinski definition) is 7. The molecule has 0 aliphatic carbocycles. The Morgan fingerprint density at radius 3 is 2.90 bits per heavy atom. The topological polar surface area (TPSA) is 84.2 Å². The quantitative estimate of drug-likeness (QED) is 0.537. The first-order valence-electron chi connectivity index (χ1n) is 10.2. The molecule has 154 valence electrons. The molecule has 0 atom stereocenters. The number of anilines is 1. The molecule has 5 heterocycles. The van der Waals surface area contributed by atoms with Gasteiger partial charge in [0.15, 0.2) is 0 Å². The van der Waals surface area contributed by atoms with Gasteiger partial charge in [-0.25, -0.2) is 15.0 Å². The van der Waals surface area contributed by atoms with Crippen LogP contribution in [0.5, 0.6) is 0 Å². The van der Waals surface area contributed by atoms with Gasteiger partial charge < -0.3 is 14.6 Å². The van der Waals surface area contributed by atoms with E-state index in [4.69, 9.17) is 9.40 Å². The molecule has 5 rings (SSSR count). The van der Waals surface area contributed by atoms with Gasteiger partial charge in [-0.2, -0.15) is 0 Å². The number of pyridine rings is 1. The summed E-state index contributed by atoms with van der Waals surface area (Å²) >= 11 is 1.66. The maximum atomic E-state index is 12.5. The number of rotatable bonds is 4. The Kier molecular flexibility index (Phi) is 4.86. The van der Waals surface area contributed by atoms with Crippen LogP contribution in [0, 0.1) is 19.8 Å². The first kappa shape index (κ1) is 19.0. The molecule has 1 saturated heterocycles. The minimum atomic E-state index is 0.0162. The lowest BCUT2D eigenvalue weighted by atomic mass is 9.96. The molecule has 0 saturated carbocycles. The third-order valence-electron chi connectivity index (χ3n) is 5.71. The highest BCUT2D eigenvalue weighted by Gasteiger charge is 2.27. The fourth-order valence-electron chi connectivity index (χ4n) is 4.21. The fourth-order valence-corrected chi connectivity index (χ4v) is 5.48. The number of amides is 1. The van der Waals surface area contributed by atoms with E-state index in [0.29, 0.717) is 6.54 Å². The average molecular weight is 422 g/mol. The molecular formula is C22H23N5O2S. The van der Waals surface area contributed by atoms with Gasteiger partial charge in [0, 0.05) is 30.1 Å². The molecule has 7 nitrogen and oxygen atoms in total. The van der Waals surface area contributed by atoms with Crippen LogP contribution in [-0.4, -0.2) is 33.9 Å². The number of piperidine rings is 1. The zero-order chi connectivity index (χ0) is 20.7. The molecule has 0 aromatic carbocycles. The van der Waals surface area contributed by atoms with Crippen molar-refractivity contribution in [2.24, 2.45) is 5.92 Å². The first-order chi connectivity index (χ1) is 14.6. The van der Waals surface area contributed by atoms with Crippen molar-refractivity contribution in [3.8, 4) is 0 Å². The minimum Gasteiger partial charge on any atom is -0.467 e. The lowest BCUT2D eigenvalue weighted by molar-refractivity contribution is -0.125. The summed E-state index contributed by atoms with van der Waals surface area (Å²) in [6, 6.07) is 5.80. The SMILES string of the molecule is Cc1cc(C)c2c(n1)sc1c(N3CCC(C(=O)NCc4ccco4)CC3)ncnc12. The van der Waals surface area contributed by atoms with Gasteiger partial charge in [0.1, 0.15) is 22.7 Å². The van der Waals surface area contributed by atoms with E-state index in [2.05, 4.69) is 33.2 Å². The highest BCUT2D eigenvalue weighted by molar-refractivity contribution is 7.26. The standard InChI is InChI=1S/C22H23N5O2S/c1-13-10-14(2)26-22-17(13)18-19(30-22)20(25-12-24-18)27-7-5-15(6-8-27)21(28)23-11-16-4-3-9-29-16/h3-4,9-10,12,15H,5-8,11H2,1-2H3,(H,23,28). The van der Waals surface area contributed by atoms with Crippen LogP contribution in [0.1, 0.15) is 29.9 Å². The number of aromatic nitrogens is 3. The summed E-state index contributed by atoms with van der Waals surface area (Å²) in [6.07, 6.45) is 4.87. The Hall–Kier alpha value is -3.00. The summed E-state index contributed by atoms with van der Waals surface area (Å²) < 4.78 is 6.36. The lowest BCUT2D eigenvalue weighted by Crippen LogP contribution is -2.40. The molecule has 1 amide bonds. The molecule has 30 heavy (non-hydrogen) atoms. The number of aryl methyl sites for hydroxylation is 2. The third kappa shape index (κ3) is 3.41. The summed E-state index contributed by atoms with van der Waals surface area (Å²) in [5, 5.41) is 4.11. The van der Waals surface area contributed by atoms with Crippen molar-refractivity contribution in [3.63, 3.8) is 0 Å². The van der Waals surface area contributed by atoms with E-state index in [9.17, 15) is 4.79 Å². The van der Waals surface area contributed by atoms with Crippen molar-refractivity contribution in [2.75, 3.05) is 18.0 Å². The maximum Gasteiger partial charge on any atom is 0.223 e. The highest BCUT2D eigenvalue weighted by atomic mass is 32.1. The predicted molar refractivity (Wildman–Crippen MR) is 118 cm³/mol. The number of nitrogens with one attached hydrogen (secondary N) is 1. The van der Waals surface area contributed by atoms with Crippen molar-refractivity contribution in [3.05, 3.63) is 47.8 Å². The molecule has 0 bridgehead atoms. The number of carbonyl (C=O) groups is 1. The van der Waals surface area contributed by atoms with Gasteiger partial charge in [-0.05, 0) is 50.5 Å². The van der Waals surface area contributed by atoms with Crippen molar-refractivity contribution in [1.82, 2.24) is 20.3 Å². The number of furan rings is 1. The monoisotopic (exact) mass is 421 g/mol. The van der Waals surface area contributed by atoms with Crippen LogP contribution in [0.4, 0.5) is 5.82 Å². The second-order valence-electron chi connectivity index (χ2n) is 7.80. The highest BCUT2D eigenvalue weighted by Crippen LogP contribution is 2.38. The van der Waals surface area contributed by atoms with Gasteiger partial charge >= 0.3 is 0 Å². The third-order valence-corrected chi connectivity index (χ3v) is 6.78. The summed E-state index contributed by atoms with van der Waals surface area (Å²) in [4.78, 5) is 29.7. The number of hydrogen-bond donors (Lipinski definition) is 1. The van der Waals surface area contributed by atoms with E-state index in [1.807, 2.05) is 19.1 Å². The molecule has 1 fully saturated rings. The zero-order valence-corrected chi connectivity index (χ0v) is 17.8. The summed E-state index contributed by atoms with van der Waals surface area (Å²) in [5.41, 5.74) is 3.19. The van der Waals surface area contributed by atoms with Gasteiger partial charge in [0.25, 0.3) is 0 Å². The van der Waals surface area contributed by atoms with E-state index in [0.717, 1.165) is 63.6 Å². The zero-order valence-electron chi connectivity index (χ0n) is 17.0. The van der Waals surface area contributed by atoms with Crippen LogP contribution in [-0.2, 0) is 11.3 Å². The van der Waals surface area contributed by atoms with Crippen LogP contribution >= 0.6 is 11.3 Å². The van der Waals surface area contributed by atoms with Crippen LogP contribution < -0.4 is 10.2 Å². The van der Waals surface area contributed by atoms with E-state index in [1.54, 1.807) is 23.9 Å². The molecule has 4 aromatic rings. The van der Waals surface area contributed by atoms with Crippen LogP contribution in [0.2, 0.25) is 0 Å². The normalized spacial score (nSPS) is 15.2. The fraction of sp³-hybridized carbons (Fsp3) is 0.364. The summed E-state index contributed by atoms with van der Waals surface area (Å²) in [7, 11) is 0. The van der Waals surface area contributed by atoms with Crippen LogP contribution in [0.3, 0.4) is 0 Å². The van der Waals surface area contributed by atoms with E-state index in [-0.39, 0.29) is 11.8 Å². The number of carbonyl (C=O) groups excluding carboxylic acids is 1. The van der Waals surface area contributed by atoms with Gasteiger partial charge in [-0.15, -0.1) is 11.3 Å². The van der Waals surface area contributed by atoms with Gasteiger partial charge in [0.2, 0.25) is 5.91 Å². The second kappa shape index (κ2) is 7.68. The molecule has 1 N–H and O–H groups in total. The van der Waals surface area contributed by atoms with Gasteiger partial charge in [0.05, 0.1) is 23.0 Å².